The Hall–Kier alpha value is -2.02. The normalized spacial score (nSPS) is 16.9. The van der Waals surface area contributed by atoms with Crippen LogP contribution in [0.3, 0.4) is 0 Å². The van der Waals surface area contributed by atoms with E-state index < -0.39 is 10.0 Å². The monoisotopic (exact) mass is 268 g/mol. The van der Waals surface area contributed by atoms with E-state index in [1.54, 1.807) is 31.4 Å². The van der Waals surface area contributed by atoms with Crippen LogP contribution in [-0.2, 0) is 10.0 Å². The molecule has 0 bridgehead atoms. The maximum atomic E-state index is 11.2. The van der Waals surface area contributed by atoms with Crippen LogP contribution in [0.15, 0.2) is 39.8 Å². The van der Waals surface area contributed by atoms with Crippen molar-refractivity contribution in [1.29, 1.82) is 0 Å². The number of methoxy groups -OCH3 is 1. The molecule has 2 N–H and O–H groups in total. The van der Waals surface area contributed by atoms with Crippen molar-refractivity contribution in [3.05, 3.63) is 35.4 Å². The van der Waals surface area contributed by atoms with Crippen molar-refractivity contribution in [3.63, 3.8) is 0 Å². The van der Waals surface area contributed by atoms with Crippen LogP contribution in [0.25, 0.3) is 0 Å². The van der Waals surface area contributed by atoms with Gasteiger partial charge in [-0.15, -0.1) is 0 Å². The second-order valence-electron chi connectivity index (χ2n) is 3.57. The van der Waals surface area contributed by atoms with Crippen LogP contribution in [0.5, 0.6) is 11.5 Å². The molecule has 6 nitrogen and oxygen atoms in total. The maximum absolute atomic E-state index is 11.2. The molecular weight excluding hydrogens is 256 g/mol. The van der Waals surface area contributed by atoms with Gasteiger partial charge in [0.15, 0.2) is 5.03 Å². The van der Waals surface area contributed by atoms with Gasteiger partial charge in [-0.05, 0) is 24.3 Å². The minimum atomic E-state index is -3.66. The third kappa shape index (κ3) is 2.62. The molecule has 1 heterocycles. The van der Waals surface area contributed by atoms with Crippen molar-refractivity contribution in [2.75, 3.05) is 13.7 Å². The Labute approximate surface area is 105 Å². The highest BCUT2D eigenvalue weighted by molar-refractivity contribution is 7.94. The lowest BCUT2D eigenvalue weighted by molar-refractivity contribution is 0.374. The standard InChI is InChI=1S/C11H12N2O4S/c1-16-9-2-4-10(5-3-9)17-7-8-6-11(12)18(14,15)13-8/h2-6H,7,12H2,1H3. The van der Waals surface area contributed by atoms with Gasteiger partial charge < -0.3 is 15.2 Å². The molecule has 0 spiro atoms. The van der Waals surface area contributed by atoms with Gasteiger partial charge in [-0.2, -0.15) is 12.8 Å². The number of sulfonamides is 1. The van der Waals surface area contributed by atoms with E-state index in [1.807, 2.05) is 0 Å². The fourth-order valence-corrected chi connectivity index (χ4v) is 2.17. The Bertz CT molecular complexity index is 602. The van der Waals surface area contributed by atoms with Crippen LogP contribution in [0.2, 0.25) is 0 Å². The van der Waals surface area contributed by atoms with Crippen molar-refractivity contribution in [2.24, 2.45) is 10.1 Å². The lowest BCUT2D eigenvalue weighted by Gasteiger charge is -2.05. The molecule has 0 unspecified atom stereocenters. The van der Waals surface area contributed by atoms with E-state index in [2.05, 4.69) is 4.40 Å². The molecule has 0 atom stereocenters. The third-order valence-corrected chi connectivity index (χ3v) is 3.48. The zero-order valence-electron chi connectivity index (χ0n) is 9.66. The highest BCUT2D eigenvalue weighted by Crippen LogP contribution is 2.18. The Balaban J connectivity index is 2.01. The zero-order chi connectivity index (χ0) is 13.2. The first-order valence-electron chi connectivity index (χ1n) is 5.09. The van der Waals surface area contributed by atoms with E-state index in [0.717, 1.165) is 0 Å². The molecule has 0 saturated heterocycles. The number of hydrogen-bond acceptors (Lipinski definition) is 5. The van der Waals surface area contributed by atoms with Crippen molar-refractivity contribution in [2.45, 2.75) is 0 Å². The first-order valence-corrected chi connectivity index (χ1v) is 6.53. The Morgan fingerprint density at radius 2 is 1.83 bits per heavy atom. The summed E-state index contributed by atoms with van der Waals surface area (Å²) in [5, 5.41) is -0.254. The van der Waals surface area contributed by atoms with Crippen LogP contribution in [0.4, 0.5) is 0 Å². The van der Waals surface area contributed by atoms with Crippen molar-refractivity contribution >= 4 is 15.7 Å². The average molecular weight is 268 g/mol. The topological polar surface area (TPSA) is 91.0 Å². The van der Waals surface area contributed by atoms with E-state index in [9.17, 15) is 8.42 Å². The molecule has 0 fully saturated rings. The molecule has 7 heteroatoms. The largest absolute Gasteiger partial charge is 0.497 e. The SMILES string of the molecule is COc1ccc(OCC2=NS(=O)(=O)C(N)=C2)cc1. The molecule has 0 aliphatic carbocycles. The van der Waals surface area contributed by atoms with Crippen molar-refractivity contribution < 1.29 is 17.9 Å². The quantitative estimate of drug-likeness (QED) is 0.866. The van der Waals surface area contributed by atoms with Crippen LogP contribution in [0, 0.1) is 0 Å². The predicted molar refractivity (Wildman–Crippen MR) is 67.1 cm³/mol. The number of nitrogens with two attached hydrogens (primary N) is 1. The minimum absolute atomic E-state index is 0.0479. The highest BCUT2D eigenvalue weighted by atomic mass is 32.2. The van der Waals surface area contributed by atoms with Crippen LogP contribution < -0.4 is 15.2 Å². The number of nitrogens with zero attached hydrogens (tertiary/aromatic N) is 1. The number of ether oxygens (including phenoxy) is 2. The summed E-state index contributed by atoms with van der Waals surface area (Å²) >= 11 is 0. The van der Waals surface area contributed by atoms with Gasteiger partial charge in [-0.1, -0.05) is 0 Å². The van der Waals surface area contributed by atoms with Crippen LogP contribution in [-0.4, -0.2) is 27.8 Å². The molecule has 1 aromatic carbocycles. The molecule has 0 amide bonds. The zero-order valence-corrected chi connectivity index (χ0v) is 10.5. The number of rotatable bonds is 4. The Morgan fingerprint density at radius 1 is 1.22 bits per heavy atom. The summed E-state index contributed by atoms with van der Waals surface area (Å²) in [6, 6.07) is 6.92. The lowest BCUT2D eigenvalue weighted by Crippen LogP contribution is -2.07. The highest BCUT2D eigenvalue weighted by Gasteiger charge is 2.21. The molecule has 96 valence electrons. The molecule has 0 saturated carbocycles. The molecule has 0 radical (unpaired) electrons. The van der Waals surface area contributed by atoms with E-state index in [0.29, 0.717) is 11.5 Å². The fourth-order valence-electron chi connectivity index (χ4n) is 1.37. The molecule has 1 aliphatic rings. The fraction of sp³-hybridized carbons (Fsp3) is 0.182. The second kappa shape index (κ2) is 4.69. The lowest BCUT2D eigenvalue weighted by atomic mass is 10.3. The Kier molecular flexibility index (Phi) is 3.24. The predicted octanol–water partition coefficient (Wildman–Crippen LogP) is 0.659. The summed E-state index contributed by atoms with van der Waals surface area (Å²) < 4.78 is 36.3. The van der Waals surface area contributed by atoms with Gasteiger partial charge in [0.1, 0.15) is 18.1 Å². The van der Waals surface area contributed by atoms with E-state index in [1.165, 1.54) is 6.08 Å². The van der Waals surface area contributed by atoms with Crippen LogP contribution in [0.1, 0.15) is 0 Å². The maximum Gasteiger partial charge on any atom is 0.297 e. The van der Waals surface area contributed by atoms with Gasteiger partial charge >= 0.3 is 0 Å². The molecular formula is C11H12N2O4S. The first kappa shape index (κ1) is 12.4. The molecule has 1 aromatic rings. The van der Waals surface area contributed by atoms with Gasteiger partial charge in [0, 0.05) is 6.08 Å². The first-order chi connectivity index (χ1) is 8.51. The molecule has 1 aliphatic heterocycles. The number of benzene rings is 1. The van der Waals surface area contributed by atoms with Gasteiger partial charge in [-0.25, -0.2) is 0 Å². The molecule has 2 rings (SSSR count). The molecule has 0 aromatic heterocycles. The summed E-state index contributed by atoms with van der Waals surface area (Å²) in [5.74, 6) is 1.31. The van der Waals surface area contributed by atoms with E-state index in [4.69, 9.17) is 15.2 Å². The van der Waals surface area contributed by atoms with E-state index >= 15 is 0 Å². The van der Waals surface area contributed by atoms with Gasteiger partial charge in [0.25, 0.3) is 10.0 Å². The van der Waals surface area contributed by atoms with Gasteiger partial charge in [-0.3, -0.25) is 0 Å². The summed E-state index contributed by atoms with van der Waals surface area (Å²) in [5.41, 5.74) is 5.58. The summed E-state index contributed by atoms with van der Waals surface area (Å²) in [7, 11) is -2.09. The summed E-state index contributed by atoms with van der Waals surface area (Å²) in [6.07, 6.45) is 1.29. The number of hydrogen-bond donors (Lipinski definition) is 1. The molecule has 18 heavy (non-hydrogen) atoms. The summed E-state index contributed by atoms with van der Waals surface area (Å²) in [6.45, 7) is 0.0479. The van der Waals surface area contributed by atoms with Crippen molar-refractivity contribution in [3.8, 4) is 11.5 Å². The smallest absolute Gasteiger partial charge is 0.297 e. The van der Waals surface area contributed by atoms with Crippen LogP contribution >= 0.6 is 0 Å². The second-order valence-corrected chi connectivity index (χ2v) is 5.17. The van der Waals surface area contributed by atoms with E-state index in [-0.39, 0.29) is 17.3 Å². The van der Waals surface area contributed by atoms with Gasteiger partial charge in [0.05, 0.1) is 12.8 Å². The van der Waals surface area contributed by atoms with Crippen molar-refractivity contribution in [1.82, 2.24) is 0 Å². The summed E-state index contributed by atoms with van der Waals surface area (Å²) in [4.78, 5) is 0. The minimum Gasteiger partial charge on any atom is -0.497 e. The Morgan fingerprint density at radius 3 is 2.33 bits per heavy atom. The third-order valence-electron chi connectivity index (χ3n) is 2.29. The average Bonchev–Trinajstić information content (AvgIpc) is 2.61. The van der Waals surface area contributed by atoms with Gasteiger partial charge in [0.2, 0.25) is 0 Å².